The first kappa shape index (κ1) is 20.6. The summed E-state index contributed by atoms with van der Waals surface area (Å²) < 4.78 is 0. The second-order valence-electron chi connectivity index (χ2n) is 5.24. The number of hydrogen-bond donors (Lipinski definition) is 4. The smallest absolute Gasteiger partial charge is 0.224 e. The van der Waals surface area contributed by atoms with E-state index >= 15 is 0 Å². The van der Waals surface area contributed by atoms with E-state index in [0.29, 0.717) is 49.7 Å². The van der Waals surface area contributed by atoms with E-state index in [1.165, 1.54) is 0 Å². The molecule has 136 valence electrons. The Bertz CT molecular complexity index is 686. The number of amides is 2. The van der Waals surface area contributed by atoms with Gasteiger partial charge in [-0.2, -0.15) is 5.10 Å². The van der Waals surface area contributed by atoms with Crippen LogP contribution in [0.4, 0.5) is 5.69 Å². The van der Waals surface area contributed by atoms with Crippen LogP contribution in [0.5, 0.6) is 0 Å². The van der Waals surface area contributed by atoms with Crippen LogP contribution in [0.15, 0.2) is 24.3 Å². The number of nitrogens with two attached hydrogens (primary N) is 1. The Morgan fingerprint density at radius 2 is 1.84 bits per heavy atom. The Hall–Kier alpha value is -2.45. The quantitative estimate of drug-likeness (QED) is 0.564. The van der Waals surface area contributed by atoms with E-state index < -0.39 is 0 Å². The molecule has 1 aromatic heterocycles. The number of aromatic amines is 1. The largest absolute Gasteiger partial charge is 0.356 e. The summed E-state index contributed by atoms with van der Waals surface area (Å²) in [6.07, 6.45) is 1.18. The standard InChI is InChI=1S/C16H22N6O2.ClH/c1-2-18-14(23)4-3-5-15(24)19-12-8-6-11(7-9-12)16-20-13(10-17)21-22-16;/h6-9H,2-5,10,17H2,1H3,(H,18,23)(H,19,24)(H,20,21,22);1H. The number of hydrogen-bond acceptors (Lipinski definition) is 5. The van der Waals surface area contributed by atoms with E-state index in [4.69, 9.17) is 5.73 Å². The van der Waals surface area contributed by atoms with Crippen molar-refractivity contribution in [2.24, 2.45) is 5.73 Å². The summed E-state index contributed by atoms with van der Waals surface area (Å²) in [5.74, 6) is 1.04. The molecule has 0 unspecified atom stereocenters. The molecule has 0 saturated carbocycles. The molecule has 0 aliphatic carbocycles. The Balaban J connectivity index is 0.00000312. The van der Waals surface area contributed by atoms with E-state index in [0.717, 1.165) is 5.56 Å². The van der Waals surface area contributed by atoms with E-state index in [9.17, 15) is 9.59 Å². The van der Waals surface area contributed by atoms with Crippen LogP contribution in [-0.4, -0.2) is 33.5 Å². The van der Waals surface area contributed by atoms with Gasteiger partial charge in [0.25, 0.3) is 0 Å². The lowest BCUT2D eigenvalue weighted by atomic mass is 10.2. The lowest BCUT2D eigenvalue weighted by molar-refractivity contribution is -0.121. The lowest BCUT2D eigenvalue weighted by Crippen LogP contribution is -2.22. The highest BCUT2D eigenvalue weighted by molar-refractivity contribution is 5.91. The van der Waals surface area contributed by atoms with Gasteiger partial charge in [0.2, 0.25) is 11.8 Å². The highest BCUT2D eigenvalue weighted by atomic mass is 35.5. The molecule has 0 saturated heterocycles. The Morgan fingerprint density at radius 3 is 2.44 bits per heavy atom. The highest BCUT2D eigenvalue weighted by Gasteiger charge is 2.07. The van der Waals surface area contributed by atoms with Gasteiger partial charge in [0.05, 0.1) is 6.54 Å². The molecule has 0 fully saturated rings. The maximum atomic E-state index is 11.9. The number of nitrogens with zero attached hydrogens (tertiary/aromatic N) is 2. The van der Waals surface area contributed by atoms with Crippen molar-refractivity contribution in [1.82, 2.24) is 20.5 Å². The lowest BCUT2D eigenvalue weighted by Gasteiger charge is -2.06. The SMILES string of the molecule is CCNC(=O)CCCC(=O)Nc1ccc(-c2n[nH]c(CN)n2)cc1.Cl. The molecule has 0 aliphatic rings. The minimum atomic E-state index is -0.115. The van der Waals surface area contributed by atoms with Crippen molar-refractivity contribution in [2.75, 3.05) is 11.9 Å². The summed E-state index contributed by atoms with van der Waals surface area (Å²) in [6.45, 7) is 2.77. The third-order valence-electron chi connectivity index (χ3n) is 3.33. The van der Waals surface area contributed by atoms with Crippen LogP contribution >= 0.6 is 12.4 Å². The first-order valence-electron chi connectivity index (χ1n) is 7.90. The average Bonchev–Trinajstić information content (AvgIpc) is 3.05. The van der Waals surface area contributed by atoms with Crippen molar-refractivity contribution in [2.45, 2.75) is 32.7 Å². The predicted octanol–water partition coefficient (Wildman–Crippen LogP) is 1.60. The molecule has 2 rings (SSSR count). The second kappa shape index (κ2) is 10.4. The molecule has 1 aromatic carbocycles. The number of anilines is 1. The van der Waals surface area contributed by atoms with Gasteiger partial charge in [-0.15, -0.1) is 12.4 Å². The number of aromatic nitrogens is 3. The van der Waals surface area contributed by atoms with Crippen molar-refractivity contribution in [1.29, 1.82) is 0 Å². The van der Waals surface area contributed by atoms with E-state index in [1.807, 2.05) is 19.1 Å². The molecule has 0 bridgehead atoms. The maximum Gasteiger partial charge on any atom is 0.224 e. The minimum absolute atomic E-state index is 0. The summed E-state index contributed by atoms with van der Waals surface area (Å²) in [5.41, 5.74) is 7.01. The molecular formula is C16H23ClN6O2. The molecule has 1 heterocycles. The zero-order valence-corrected chi connectivity index (χ0v) is 14.9. The van der Waals surface area contributed by atoms with Crippen LogP contribution in [0.3, 0.4) is 0 Å². The van der Waals surface area contributed by atoms with Gasteiger partial charge in [-0.25, -0.2) is 4.98 Å². The number of carbonyl (C=O) groups is 2. The summed E-state index contributed by atoms with van der Waals surface area (Å²) >= 11 is 0. The molecular weight excluding hydrogens is 344 g/mol. The van der Waals surface area contributed by atoms with Crippen molar-refractivity contribution < 1.29 is 9.59 Å². The number of H-pyrrole nitrogens is 1. The Kier molecular flexibility index (Phi) is 8.59. The molecule has 0 aliphatic heterocycles. The van der Waals surface area contributed by atoms with Gasteiger partial charge in [0.15, 0.2) is 5.82 Å². The van der Waals surface area contributed by atoms with E-state index in [1.54, 1.807) is 12.1 Å². The fourth-order valence-electron chi connectivity index (χ4n) is 2.14. The van der Waals surface area contributed by atoms with Gasteiger partial charge in [-0.05, 0) is 37.6 Å². The summed E-state index contributed by atoms with van der Waals surface area (Å²) in [5, 5.41) is 12.3. The van der Waals surface area contributed by atoms with Crippen LogP contribution in [0.25, 0.3) is 11.4 Å². The molecule has 5 N–H and O–H groups in total. The summed E-state index contributed by atoms with van der Waals surface area (Å²) in [6, 6.07) is 7.23. The van der Waals surface area contributed by atoms with Gasteiger partial charge in [0.1, 0.15) is 5.82 Å². The molecule has 0 spiro atoms. The number of nitrogens with one attached hydrogen (secondary N) is 3. The molecule has 0 atom stereocenters. The first-order chi connectivity index (χ1) is 11.6. The predicted molar refractivity (Wildman–Crippen MR) is 98.1 cm³/mol. The Labute approximate surface area is 152 Å². The number of rotatable bonds is 8. The fourth-order valence-corrected chi connectivity index (χ4v) is 2.14. The van der Waals surface area contributed by atoms with Crippen LogP contribution in [-0.2, 0) is 16.1 Å². The van der Waals surface area contributed by atoms with Crippen LogP contribution in [0.2, 0.25) is 0 Å². The normalized spacial score (nSPS) is 10.0. The summed E-state index contributed by atoms with van der Waals surface area (Å²) in [4.78, 5) is 27.4. The monoisotopic (exact) mass is 366 g/mol. The van der Waals surface area contributed by atoms with E-state index in [-0.39, 0.29) is 24.2 Å². The molecule has 0 radical (unpaired) electrons. The minimum Gasteiger partial charge on any atom is -0.356 e. The van der Waals surface area contributed by atoms with Gasteiger partial charge in [-0.3, -0.25) is 14.7 Å². The topological polar surface area (TPSA) is 126 Å². The second-order valence-corrected chi connectivity index (χ2v) is 5.24. The fraction of sp³-hybridized carbons (Fsp3) is 0.375. The average molecular weight is 367 g/mol. The van der Waals surface area contributed by atoms with Crippen LogP contribution < -0.4 is 16.4 Å². The van der Waals surface area contributed by atoms with Crippen molar-refractivity contribution in [3.63, 3.8) is 0 Å². The highest BCUT2D eigenvalue weighted by Crippen LogP contribution is 2.18. The molecule has 8 nitrogen and oxygen atoms in total. The van der Waals surface area contributed by atoms with Crippen LogP contribution in [0.1, 0.15) is 32.0 Å². The molecule has 25 heavy (non-hydrogen) atoms. The summed E-state index contributed by atoms with van der Waals surface area (Å²) in [7, 11) is 0. The van der Waals surface area contributed by atoms with Crippen molar-refractivity contribution in [3.8, 4) is 11.4 Å². The maximum absolute atomic E-state index is 11.9. The van der Waals surface area contributed by atoms with E-state index in [2.05, 4.69) is 25.8 Å². The van der Waals surface area contributed by atoms with Gasteiger partial charge in [0, 0.05) is 30.6 Å². The van der Waals surface area contributed by atoms with Gasteiger partial charge >= 0.3 is 0 Å². The first-order valence-corrected chi connectivity index (χ1v) is 7.90. The third kappa shape index (κ3) is 6.52. The van der Waals surface area contributed by atoms with Gasteiger partial charge < -0.3 is 16.4 Å². The number of carbonyl (C=O) groups excluding carboxylic acids is 2. The van der Waals surface area contributed by atoms with Crippen molar-refractivity contribution >= 4 is 29.9 Å². The van der Waals surface area contributed by atoms with Crippen molar-refractivity contribution in [3.05, 3.63) is 30.1 Å². The molecule has 9 heteroatoms. The molecule has 2 amide bonds. The van der Waals surface area contributed by atoms with Crippen LogP contribution in [0, 0.1) is 0 Å². The van der Waals surface area contributed by atoms with Gasteiger partial charge in [-0.1, -0.05) is 0 Å². The Morgan fingerprint density at radius 1 is 1.16 bits per heavy atom. The number of halogens is 1. The third-order valence-corrected chi connectivity index (χ3v) is 3.33. The zero-order valence-electron chi connectivity index (χ0n) is 14.0. The number of benzene rings is 1. The molecule has 2 aromatic rings. The zero-order chi connectivity index (χ0) is 17.4.